The smallest absolute Gasteiger partial charge is 0.224 e. The summed E-state index contributed by atoms with van der Waals surface area (Å²) in [5.41, 5.74) is 3.88. The zero-order chi connectivity index (χ0) is 15.8. The third kappa shape index (κ3) is 2.67. The second-order valence-corrected chi connectivity index (χ2v) is 6.94. The molecule has 1 N–H and O–H groups in total. The van der Waals surface area contributed by atoms with Crippen molar-refractivity contribution in [2.75, 3.05) is 0 Å². The molecule has 1 amide bonds. The maximum atomic E-state index is 12.7. The summed E-state index contributed by atoms with van der Waals surface area (Å²) in [5, 5.41) is 3.32. The first-order chi connectivity index (χ1) is 11.2. The molecule has 4 rings (SSSR count). The highest BCUT2D eigenvalue weighted by atomic mass is 16.1. The molecule has 2 aromatic rings. The van der Waals surface area contributed by atoms with Crippen molar-refractivity contribution in [3.8, 4) is 0 Å². The fourth-order valence-electron chi connectivity index (χ4n) is 4.04. The minimum Gasteiger partial charge on any atom is -0.349 e. The highest BCUT2D eigenvalue weighted by Crippen LogP contribution is 2.37. The molecule has 0 saturated carbocycles. The molecule has 1 aromatic heterocycles. The van der Waals surface area contributed by atoms with Crippen LogP contribution in [0.1, 0.15) is 55.0 Å². The Morgan fingerprint density at radius 2 is 2.04 bits per heavy atom. The van der Waals surface area contributed by atoms with E-state index >= 15 is 0 Å². The normalized spacial score (nSPS) is 26.2. The summed E-state index contributed by atoms with van der Waals surface area (Å²) in [5.74, 6) is 0.862. The van der Waals surface area contributed by atoms with Crippen LogP contribution in [0.15, 0.2) is 36.8 Å². The molecule has 2 aliphatic rings. The van der Waals surface area contributed by atoms with Crippen LogP contribution < -0.4 is 5.32 Å². The van der Waals surface area contributed by atoms with Crippen molar-refractivity contribution in [2.24, 2.45) is 5.92 Å². The quantitative estimate of drug-likeness (QED) is 0.926. The summed E-state index contributed by atoms with van der Waals surface area (Å²) < 4.78 is 2.15. The predicted molar refractivity (Wildman–Crippen MR) is 89.0 cm³/mol. The van der Waals surface area contributed by atoms with Gasteiger partial charge in [0, 0.05) is 30.8 Å². The van der Waals surface area contributed by atoms with Gasteiger partial charge >= 0.3 is 0 Å². The number of benzene rings is 1. The molecule has 1 aliphatic heterocycles. The minimum absolute atomic E-state index is 0.0747. The Hall–Kier alpha value is -2.10. The number of nitrogens with zero attached hydrogens (tertiary/aromatic N) is 2. The van der Waals surface area contributed by atoms with Crippen LogP contribution in [0.25, 0.3) is 0 Å². The predicted octanol–water partition coefficient (Wildman–Crippen LogP) is 3.20. The topological polar surface area (TPSA) is 46.9 Å². The average molecular weight is 309 g/mol. The molecule has 3 atom stereocenters. The van der Waals surface area contributed by atoms with Gasteiger partial charge < -0.3 is 9.88 Å². The summed E-state index contributed by atoms with van der Waals surface area (Å²) in [6, 6.07) is 8.72. The lowest BCUT2D eigenvalue weighted by Gasteiger charge is -2.32. The van der Waals surface area contributed by atoms with Crippen molar-refractivity contribution < 1.29 is 4.79 Å². The fraction of sp³-hybridized carbons (Fsp3) is 0.474. The van der Waals surface area contributed by atoms with Crippen molar-refractivity contribution >= 4 is 5.91 Å². The van der Waals surface area contributed by atoms with Gasteiger partial charge in [-0.3, -0.25) is 4.79 Å². The van der Waals surface area contributed by atoms with Gasteiger partial charge in [0.05, 0.1) is 12.4 Å². The number of imidazole rings is 1. The number of carbonyl (C=O) groups is 1. The molecular weight excluding hydrogens is 286 g/mol. The Bertz CT molecular complexity index is 721. The standard InChI is InChI=1S/C19H23N3O/c1-13-6-7-18(17-5-3-2-4-16(13)17)21-19(23)14-8-9-22-12-20-11-15(22)10-14/h2-5,11-14,18H,6-10H2,1H3,(H,21,23)/t13-,14-,18+/m1/s1. The number of aryl methyl sites for hydroxylation is 1. The highest BCUT2D eigenvalue weighted by Gasteiger charge is 2.29. The lowest BCUT2D eigenvalue weighted by molar-refractivity contribution is -0.126. The number of hydrogen-bond acceptors (Lipinski definition) is 2. The molecule has 23 heavy (non-hydrogen) atoms. The number of fused-ring (bicyclic) bond motifs is 2. The molecule has 2 heterocycles. The average Bonchev–Trinajstić information content (AvgIpc) is 3.05. The Morgan fingerprint density at radius 3 is 2.91 bits per heavy atom. The summed E-state index contributed by atoms with van der Waals surface area (Å²) in [6.07, 6.45) is 7.63. The van der Waals surface area contributed by atoms with Crippen molar-refractivity contribution in [1.29, 1.82) is 0 Å². The number of hydrogen-bond donors (Lipinski definition) is 1. The first-order valence-corrected chi connectivity index (χ1v) is 8.60. The molecule has 0 bridgehead atoms. The molecule has 0 radical (unpaired) electrons. The van der Waals surface area contributed by atoms with Crippen LogP contribution in [0.4, 0.5) is 0 Å². The molecule has 0 fully saturated rings. The monoisotopic (exact) mass is 309 g/mol. The van der Waals surface area contributed by atoms with Crippen molar-refractivity contribution in [3.63, 3.8) is 0 Å². The number of amides is 1. The van der Waals surface area contributed by atoms with Crippen molar-refractivity contribution in [1.82, 2.24) is 14.9 Å². The first-order valence-electron chi connectivity index (χ1n) is 8.60. The van der Waals surface area contributed by atoms with Crippen LogP contribution in [0.3, 0.4) is 0 Å². The van der Waals surface area contributed by atoms with Gasteiger partial charge in [-0.25, -0.2) is 4.98 Å². The van der Waals surface area contributed by atoms with E-state index in [9.17, 15) is 4.79 Å². The largest absolute Gasteiger partial charge is 0.349 e. The number of aromatic nitrogens is 2. The van der Waals surface area contributed by atoms with Crippen molar-refractivity contribution in [2.45, 2.75) is 51.1 Å². The van der Waals surface area contributed by atoms with Crippen LogP contribution >= 0.6 is 0 Å². The van der Waals surface area contributed by atoms with Crippen LogP contribution in [-0.4, -0.2) is 15.5 Å². The van der Waals surface area contributed by atoms with E-state index in [0.717, 1.165) is 32.2 Å². The van der Waals surface area contributed by atoms with E-state index in [-0.39, 0.29) is 17.9 Å². The first kappa shape index (κ1) is 14.5. The lowest BCUT2D eigenvalue weighted by atomic mass is 9.81. The molecule has 0 unspecified atom stereocenters. The third-order valence-corrected chi connectivity index (χ3v) is 5.45. The van der Waals surface area contributed by atoms with Crippen LogP contribution in [-0.2, 0) is 17.8 Å². The van der Waals surface area contributed by atoms with Crippen LogP contribution in [0, 0.1) is 5.92 Å². The third-order valence-electron chi connectivity index (χ3n) is 5.45. The van der Waals surface area contributed by atoms with Crippen molar-refractivity contribution in [3.05, 3.63) is 53.6 Å². The van der Waals surface area contributed by atoms with E-state index in [1.807, 2.05) is 12.5 Å². The van der Waals surface area contributed by atoms with Gasteiger partial charge in [-0.15, -0.1) is 0 Å². The van der Waals surface area contributed by atoms with Gasteiger partial charge in [0.1, 0.15) is 0 Å². The van der Waals surface area contributed by atoms with E-state index in [1.54, 1.807) is 0 Å². The molecule has 0 saturated heterocycles. The molecule has 1 aliphatic carbocycles. The Kier molecular flexibility index (Phi) is 3.68. The van der Waals surface area contributed by atoms with Gasteiger partial charge in [-0.05, 0) is 36.3 Å². The van der Waals surface area contributed by atoms with Gasteiger partial charge in [0.2, 0.25) is 5.91 Å². The van der Waals surface area contributed by atoms with Crippen LogP contribution in [0.2, 0.25) is 0 Å². The molecular formula is C19H23N3O. The van der Waals surface area contributed by atoms with E-state index in [1.165, 1.54) is 16.8 Å². The Labute approximate surface area is 136 Å². The second kappa shape index (κ2) is 5.84. The van der Waals surface area contributed by atoms with Crippen LogP contribution in [0.5, 0.6) is 0 Å². The molecule has 120 valence electrons. The molecule has 4 nitrogen and oxygen atoms in total. The molecule has 1 aromatic carbocycles. The minimum atomic E-state index is 0.0747. The summed E-state index contributed by atoms with van der Waals surface area (Å²) in [6.45, 7) is 3.17. The Balaban J connectivity index is 1.49. The van der Waals surface area contributed by atoms with Gasteiger partial charge in [0.15, 0.2) is 0 Å². The van der Waals surface area contributed by atoms with E-state index < -0.39 is 0 Å². The SMILES string of the molecule is C[C@@H]1CC[C@H](NC(=O)[C@@H]2CCn3cncc3C2)c2ccccc21. The van der Waals surface area contributed by atoms with Gasteiger partial charge in [-0.2, -0.15) is 0 Å². The Morgan fingerprint density at radius 1 is 1.22 bits per heavy atom. The maximum absolute atomic E-state index is 12.7. The van der Waals surface area contributed by atoms with E-state index in [2.05, 4.69) is 46.1 Å². The zero-order valence-electron chi connectivity index (χ0n) is 13.5. The molecule has 0 spiro atoms. The lowest BCUT2D eigenvalue weighted by Crippen LogP contribution is -2.38. The number of rotatable bonds is 2. The van der Waals surface area contributed by atoms with Gasteiger partial charge in [-0.1, -0.05) is 31.2 Å². The highest BCUT2D eigenvalue weighted by molar-refractivity contribution is 5.79. The number of carbonyl (C=O) groups excluding carboxylic acids is 1. The fourth-order valence-corrected chi connectivity index (χ4v) is 4.04. The zero-order valence-corrected chi connectivity index (χ0v) is 13.5. The summed E-state index contributed by atoms with van der Waals surface area (Å²) in [7, 11) is 0. The second-order valence-electron chi connectivity index (χ2n) is 6.94. The summed E-state index contributed by atoms with van der Waals surface area (Å²) in [4.78, 5) is 16.9. The summed E-state index contributed by atoms with van der Waals surface area (Å²) >= 11 is 0. The van der Waals surface area contributed by atoms with Gasteiger partial charge in [0.25, 0.3) is 0 Å². The number of nitrogens with one attached hydrogen (secondary N) is 1. The maximum Gasteiger partial charge on any atom is 0.224 e. The van der Waals surface area contributed by atoms with E-state index in [0.29, 0.717) is 5.92 Å². The van der Waals surface area contributed by atoms with E-state index in [4.69, 9.17) is 0 Å². The molecule has 4 heteroatoms.